The van der Waals surface area contributed by atoms with Crippen molar-refractivity contribution in [3.05, 3.63) is 158 Å². The second-order valence-electron chi connectivity index (χ2n) is 10.9. The Morgan fingerprint density at radius 3 is 1.84 bits per heavy atom. The summed E-state index contributed by atoms with van der Waals surface area (Å²) in [5, 5.41) is 8.57. The monoisotopic (exact) mass is 566 g/mol. The average molecular weight is 567 g/mol. The summed E-state index contributed by atoms with van der Waals surface area (Å²) >= 11 is 1.68. The van der Waals surface area contributed by atoms with Crippen LogP contribution in [-0.2, 0) is 0 Å². The van der Waals surface area contributed by atoms with Crippen molar-refractivity contribution in [1.82, 2.24) is 0 Å². The lowest BCUT2D eigenvalue weighted by Crippen LogP contribution is -1.91. The van der Waals surface area contributed by atoms with Crippen LogP contribution in [-0.4, -0.2) is 0 Å². The lowest BCUT2D eigenvalue weighted by atomic mass is 9.85. The Morgan fingerprint density at radius 1 is 0.419 bits per heavy atom. The van der Waals surface area contributed by atoms with E-state index in [0.29, 0.717) is 10.8 Å². The van der Waals surface area contributed by atoms with Crippen molar-refractivity contribution in [2.24, 2.45) is 0 Å². The molecule has 0 fully saturated rings. The van der Waals surface area contributed by atoms with Crippen LogP contribution in [0.4, 0.5) is 0 Å². The Balaban J connectivity index is 1.51. The highest BCUT2D eigenvalue weighted by molar-refractivity contribution is 7.23. The van der Waals surface area contributed by atoms with Crippen LogP contribution < -0.4 is 0 Å². The zero-order chi connectivity index (χ0) is 31.8. The van der Waals surface area contributed by atoms with E-state index in [0.717, 1.165) is 69.7 Å². The summed E-state index contributed by atoms with van der Waals surface area (Å²) in [7, 11) is 0. The van der Waals surface area contributed by atoms with Crippen molar-refractivity contribution >= 4 is 64.5 Å². The van der Waals surface area contributed by atoms with Gasteiger partial charge in [0.25, 0.3) is 0 Å². The van der Waals surface area contributed by atoms with E-state index in [4.69, 9.17) is 2.74 Å². The van der Waals surface area contributed by atoms with Gasteiger partial charge in [-0.05, 0) is 71.9 Å². The maximum Gasteiger partial charge on any atom is 0.0629 e. The van der Waals surface area contributed by atoms with Gasteiger partial charge in [-0.2, -0.15) is 0 Å². The zero-order valence-corrected chi connectivity index (χ0v) is 23.9. The lowest BCUT2D eigenvalue weighted by molar-refractivity contribution is 1.69. The van der Waals surface area contributed by atoms with Crippen molar-refractivity contribution in [1.29, 1.82) is 0 Å². The first kappa shape index (κ1) is 20.6. The summed E-state index contributed by atoms with van der Waals surface area (Å²) in [6, 6.07) is 45.5. The highest BCUT2D eigenvalue weighted by atomic mass is 32.1. The normalized spacial score (nSPS) is 13.0. The van der Waals surface area contributed by atoms with Crippen LogP contribution in [0, 0.1) is 0 Å². The standard InChI is InChI=1S/C42H26S/c1-2-14-29-26-30(25-24-27(29)12-1)39-37-21-9-10-23-38(37)43-42(39)41-35-19-7-5-17-33(35)40(34-18-6-8-20-36(34)41)32-22-11-15-28-13-3-4-16-31(28)32/h1-26H/i5D,7D,17D,19D. The molecule has 0 spiro atoms. The predicted molar refractivity (Wildman–Crippen MR) is 188 cm³/mol. The van der Waals surface area contributed by atoms with Crippen LogP contribution in [0.25, 0.3) is 85.9 Å². The molecule has 0 nitrogen and oxygen atoms in total. The molecule has 0 N–H and O–H groups in total. The minimum Gasteiger partial charge on any atom is -0.134 e. The number of hydrogen-bond donors (Lipinski definition) is 0. The quantitative estimate of drug-likeness (QED) is 0.187. The lowest BCUT2D eigenvalue weighted by Gasteiger charge is -2.19. The van der Waals surface area contributed by atoms with E-state index >= 15 is 0 Å². The van der Waals surface area contributed by atoms with Gasteiger partial charge in [-0.25, -0.2) is 0 Å². The highest BCUT2D eigenvalue weighted by Crippen LogP contribution is 2.51. The van der Waals surface area contributed by atoms with Crippen molar-refractivity contribution < 1.29 is 5.48 Å². The van der Waals surface area contributed by atoms with Gasteiger partial charge < -0.3 is 0 Å². The van der Waals surface area contributed by atoms with Gasteiger partial charge in [-0.1, -0.05) is 145 Å². The van der Waals surface area contributed by atoms with Crippen LogP contribution in [0.5, 0.6) is 0 Å². The van der Waals surface area contributed by atoms with E-state index < -0.39 is 0 Å². The fraction of sp³-hybridized carbons (Fsp3) is 0. The largest absolute Gasteiger partial charge is 0.134 e. The molecule has 1 heteroatoms. The molecular weight excluding hydrogens is 537 g/mol. The van der Waals surface area contributed by atoms with E-state index in [-0.39, 0.29) is 24.2 Å². The number of thiophene rings is 1. The molecule has 0 unspecified atom stereocenters. The van der Waals surface area contributed by atoms with Crippen LogP contribution in [0.2, 0.25) is 0 Å². The highest BCUT2D eigenvalue weighted by Gasteiger charge is 2.23. The third-order valence-electron chi connectivity index (χ3n) is 8.57. The summed E-state index contributed by atoms with van der Waals surface area (Å²) < 4.78 is 37.6. The third-order valence-corrected chi connectivity index (χ3v) is 9.76. The molecule has 1 aromatic heterocycles. The van der Waals surface area contributed by atoms with Crippen LogP contribution in [0.1, 0.15) is 5.48 Å². The minimum atomic E-state index is -0.226. The molecule has 1 heterocycles. The van der Waals surface area contributed by atoms with E-state index in [1.807, 2.05) is 30.3 Å². The van der Waals surface area contributed by atoms with E-state index in [1.54, 1.807) is 11.3 Å². The van der Waals surface area contributed by atoms with Crippen molar-refractivity contribution in [3.63, 3.8) is 0 Å². The first-order valence-corrected chi connectivity index (χ1v) is 15.3. The number of benzene rings is 8. The van der Waals surface area contributed by atoms with Crippen LogP contribution >= 0.6 is 11.3 Å². The van der Waals surface area contributed by atoms with E-state index in [9.17, 15) is 2.74 Å². The maximum absolute atomic E-state index is 9.44. The summed E-state index contributed by atoms with van der Waals surface area (Å²) in [5.41, 5.74) is 4.78. The molecule has 0 atom stereocenters. The third kappa shape index (κ3) is 3.75. The number of rotatable bonds is 3. The number of fused-ring (bicyclic) bond motifs is 5. The molecule has 8 aromatic carbocycles. The van der Waals surface area contributed by atoms with Crippen molar-refractivity contribution in [2.45, 2.75) is 0 Å². The molecule has 0 radical (unpaired) electrons. The van der Waals surface area contributed by atoms with Gasteiger partial charge in [-0.15, -0.1) is 11.3 Å². The maximum atomic E-state index is 9.44. The van der Waals surface area contributed by atoms with Crippen LogP contribution in [0.3, 0.4) is 0 Å². The predicted octanol–water partition coefficient (Wildman–Crippen LogP) is 12.5. The molecular formula is C42H26S. The Hall–Kier alpha value is -5.24. The second-order valence-corrected chi connectivity index (χ2v) is 12.0. The fourth-order valence-electron chi connectivity index (χ4n) is 6.69. The Morgan fingerprint density at radius 2 is 1.02 bits per heavy atom. The molecule has 0 aliphatic carbocycles. The molecule has 0 aliphatic rings. The fourth-order valence-corrected chi connectivity index (χ4v) is 7.98. The molecule has 43 heavy (non-hydrogen) atoms. The summed E-state index contributed by atoms with van der Waals surface area (Å²) in [6.07, 6.45) is 0. The molecule has 0 bridgehead atoms. The first-order chi connectivity index (χ1) is 23.0. The summed E-state index contributed by atoms with van der Waals surface area (Å²) in [6.45, 7) is 0. The topological polar surface area (TPSA) is 0 Å². The SMILES string of the molecule is [2H]c1c([2H])c([2H])c2c(-c3cccc4ccccc34)c3ccccc3c(-c3sc4ccccc4c3-c3ccc4ccccc4c3)c2c1[2H]. The molecule has 9 aromatic rings. The van der Waals surface area contributed by atoms with Gasteiger partial charge in [0.1, 0.15) is 0 Å². The Bertz CT molecular complexity index is 2740. The van der Waals surface area contributed by atoms with Gasteiger partial charge in [0.15, 0.2) is 0 Å². The zero-order valence-electron chi connectivity index (χ0n) is 27.1. The van der Waals surface area contributed by atoms with Gasteiger partial charge in [0.2, 0.25) is 0 Å². The Labute approximate surface area is 259 Å². The van der Waals surface area contributed by atoms with Crippen LogP contribution in [0.15, 0.2) is 158 Å². The smallest absolute Gasteiger partial charge is 0.0629 e. The van der Waals surface area contributed by atoms with E-state index in [2.05, 4.69) is 103 Å². The minimum absolute atomic E-state index is 0.0230. The molecule has 0 aliphatic heterocycles. The average Bonchev–Trinajstić information content (AvgIpc) is 3.51. The van der Waals surface area contributed by atoms with Gasteiger partial charge in [0, 0.05) is 26.1 Å². The second kappa shape index (κ2) is 9.66. The van der Waals surface area contributed by atoms with Crippen molar-refractivity contribution in [2.75, 3.05) is 0 Å². The van der Waals surface area contributed by atoms with Gasteiger partial charge in [-0.3, -0.25) is 0 Å². The molecule has 9 rings (SSSR count). The summed E-state index contributed by atoms with van der Waals surface area (Å²) in [5.74, 6) is 0. The first-order valence-electron chi connectivity index (χ1n) is 16.4. The van der Waals surface area contributed by atoms with Gasteiger partial charge in [0.05, 0.1) is 5.48 Å². The number of hydrogen-bond acceptors (Lipinski definition) is 1. The van der Waals surface area contributed by atoms with Crippen molar-refractivity contribution in [3.8, 4) is 32.7 Å². The van der Waals surface area contributed by atoms with Gasteiger partial charge >= 0.3 is 0 Å². The summed E-state index contributed by atoms with van der Waals surface area (Å²) in [4.78, 5) is 0.997. The Kier molecular flexibility index (Phi) is 4.63. The van der Waals surface area contributed by atoms with E-state index in [1.165, 1.54) is 5.39 Å². The molecule has 0 amide bonds. The molecule has 0 saturated carbocycles. The molecule has 0 saturated heterocycles. The molecule has 200 valence electrons.